The molecule has 0 aliphatic carbocycles. The third-order valence-electron chi connectivity index (χ3n) is 3.59. The fourth-order valence-corrected chi connectivity index (χ4v) is 2.59. The molecule has 0 aromatic heterocycles. The highest BCUT2D eigenvalue weighted by atomic mass is 15.1. The smallest absolute Gasteiger partial charge is 0.0496 e. The molecule has 0 saturated heterocycles. The number of hydrogen-bond acceptors (Lipinski definition) is 2. The van der Waals surface area contributed by atoms with Crippen molar-refractivity contribution in [3.8, 4) is 0 Å². The number of nitrogens with two attached hydrogens (primary N) is 1. The van der Waals surface area contributed by atoms with Crippen LogP contribution in [0.5, 0.6) is 0 Å². The lowest BCUT2D eigenvalue weighted by Crippen LogP contribution is -2.38. The van der Waals surface area contributed by atoms with Crippen LogP contribution in [-0.2, 0) is 0 Å². The van der Waals surface area contributed by atoms with Gasteiger partial charge in [-0.25, -0.2) is 0 Å². The summed E-state index contributed by atoms with van der Waals surface area (Å²) >= 11 is 0. The van der Waals surface area contributed by atoms with Crippen molar-refractivity contribution in [2.24, 2.45) is 5.73 Å². The van der Waals surface area contributed by atoms with Crippen molar-refractivity contribution < 1.29 is 0 Å². The molecular formula is C16H28N2. The summed E-state index contributed by atoms with van der Waals surface area (Å²) in [6.45, 7) is 7.64. The summed E-state index contributed by atoms with van der Waals surface area (Å²) in [6.07, 6.45) is 3.81. The van der Waals surface area contributed by atoms with E-state index in [2.05, 4.69) is 57.0 Å². The van der Waals surface area contributed by atoms with Crippen molar-refractivity contribution in [2.45, 2.75) is 52.1 Å². The number of rotatable bonds is 7. The van der Waals surface area contributed by atoms with Gasteiger partial charge >= 0.3 is 0 Å². The highest BCUT2D eigenvalue weighted by Crippen LogP contribution is 2.25. The van der Waals surface area contributed by atoms with E-state index in [0.29, 0.717) is 6.04 Å². The Bertz CT molecular complexity index is 347. The highest BCUT2D eigenvalue weighted by Gasteiger charge is 2.21. The number of likely N-dealkylation sites (N-methyl/N-ethyl adjacent to an activating group) is 1. The summed E-state index contributed by atoms with van der Waals surface area (Å²) in [5.74, 6) is 0. The topological polar surface area (TPSA) is 29.3 Å². The van der Waals surface area contributed by atoms with Gasteiger partial charge in [0.15, 0.2) is 0 Å². The predicted octanol–water partition coefficient (Wildman–Crippen LogP) is 3.51. The average molecular weight is 248 g/mol. The molecule has 0 aliphatic heterocycles. The van der Waals surface area contributed by atoms with Gasteiger partial charge in [0.05, 0.1) is 0 Å². The molecule has 1 aromatic rings. The lowest BCUT2D eigenvalue weighted by Gasteiger charge is -2.32. The number of aryl methyl sites for hydroxylation is 1. The Hall–Kier alpha value is -0.860. The second-order valence-electron chi connectivity index (χ2n) is 5.35. The minimum atomic E-state index is 0.151. The van der Waals surface area contributed by atoms with Gasteiger partial charge in [0.2, 0.25) is 0 Å². The maximum atomic E-state index is 6.20. The number of hydrogen-bond donors (Lipinski definition) is 1. The van der Waals surface area contributed by atoms with E-state index in [1.807, 2.05) is 0 Å². The largest absolute Gasteiger partial charge is 0.326 e. The van der Waals surface area contributed by atoms with E-state index in [-0.39, 0.29) is 6.04 Å². The first-order chi connectivity index (χ1) is 8.57. The van der Waals surface area contributed by atoms with Crippen LogP contribution in [0.25, 0.3) is 0 Å². The standard InChI is InChI=1S/C16H28N2/c1-5-6-9-12-18(4)16(14(3)17)15-11-8-7-10-13(15)2/h7-8,10-11,14,16H,5-6,9,12,17H2,1-4H3. The van der Waals surface area contributed by atoms with Gasteiger partial charge in [-0.15, -0.1) is 0 Å². The van der Waals surface area contributed by atoms with Crippen LogP contribution in [0.3, 0.4) is 0 Å². The molecule has 2 nitrogen and oxygen atoms in total. The Balaban J connectivity index is 2.79. The summed E-state index contributed by atoms with van der Waals surface area (Å²) in [5, 5.41) is 0. The van der Waals surface area contributed by atoms with Gasteiger partial charge in [-0.05, 0) is 45.0 Å². The first kappa shape index (κ1) is 15.2. The van der Waals surface area contributed by atoms with Crippen molar-refractivity contribution in [1.82, 2.24) is 4.90 Å². The van der Waals surface area contributed by atoms with Crippen molar-refractivity contribution in [3.63, 3.8) is 0 Å². The van der Waals surface area contributed by atoms with Gasteiger partial charge in [-0.2, -0.15) is 0 Å². The van der Waals surface area contributed by atoms with Gasteiger partial charge in [0.1, 0.15) is 0 Å². The van der Waals surface area contributed by atoms with E-state index in [4.69, 9.17) is 5.73 Å². The molecule has 2 N–H and O–H groups in total. The second-order valence-corrected chi connectivity index (χ2v) is 5.35. The summed E-state index contributed by atoms with van der Waals surface area (Å²) in [4.78, 5) is 2.41. The molecule has 0 radical (unpaired) electrons. The van der Waals surface area contributed by atoms with Crippen molar-refractivity contribution in [3.05, 3.63) is 35.4 Å². The lowest BCUT2D eigenvalue weighted by atomic mass is 9.95. The third kappa shape index (κ3) is 4.11. The van der Waals surface area contributed by atoms with Crippen LogP contribution in [0.2, 0.25) is 0 Å². The average Bonchev–Trinajstić information content (AvgIpc) is 2.32. The van der Waals surface area contributed by atoms with Crippen LogP contribution < -0.4 is 5.73 Å². The SMILES string of the molecule is CCCCCN(C)C(c1ccccc1C)C(C)N. The number of nitrogens with zero attached hydrogens (tertiary/aromatic N) is 1. The summed E-state index contributed by atoms with van der Waals surface area (Å²) < 4.78 is 0. The minimum absolute atomic E-state index is 0.151. The van der Waals surface area contributed by atoms with E-state index >= 15 is 0 Å². The Labute approximate surface area is 112 Å². The van der Waals surface area contributed by atoms with Crippen LogP contribution in [0.1, 0.15) is 50.3 Å². The van der Waals surface area contributed by atoms with E-state index in [1.165, 1.54) is 30.4 Å². The Morgan fingerprint density at radius 1 is 1.22 bits per heavy atom. The van der Waals surface area contributed by atoms with Crippen molar-refractivity contribution >= 4 is 0 Å². The van der Waals surface area contributed by atoms with Gasteiger partial charge in [0.25, 0.3) is 0 Å². The number of unbranched alkanes of at least 4 members (excludes halogenated alkanes) is 2. The van der Waals surface area contributed by atoms with E-state index < -0.39 is 0 Å². The molecule has 102 valence electrons. The molecule has 0 heterocycles. The molecular weight excluding hydrogens is 220 g/mol. The van der Waals surface area contributed by atoms with E-state index in [0.717, 1.165) is 6.54 Å². The van der Waals surface area contributed by atoms with Crippen molar-refractivity contribution in [1.29, 1.82) is 0 Å². The zero-order chi connectivity index (χ0) is 13.5. The predicted molar refractivity (Wildman–Crippen MR) is 79.7 cm³/mol. The maximum Gasteiger partial charge on any atom is 0.0496 e. The zero-order valence-corrected chi connectivity index (χ0v) is 12.3. The fourth-order valence-electron chi connectivity index (χ4n) is 2.59. The van der Waals surface area contributed by atoms with E-state index in [9.17, 15) is 0 Å². The van der Waals surface area contributed by atoms with Crippen LogP contribution >= 0.6 is 0 Å². The van der Waals surface area contributed by atoms with Crippen LogP contribution in [-0.4, -0.2) is 24.5 Å². The first-order valence-electron chi connectivity index (χ1n) is 7.09. The summed E-state index contributed by atoms with van der Waals surface area (Å²) in [5.41, 5.74) is 8.90. The summed E-state index contributed by atoms with van der Waals surface area (Å²) in [7, 11) is 2.19. The Morgan fingerprint density at radius 3 is 2.44 bits per heavy atom. The molecule has 0 amide bonds. The zero-order valence-electron chi connectivity index (χ0n) is 12.3. The fraction of sp³-hybridized carbons (Fsp3) is 0.625. The minimum Gasteiger partial charge on any atom is -0.326 e. The molecule has 0 saturated carbocycles. The third-order valence-corrected chi connectivity index (χ3v) is 3.59. The molecule has 2 unspecified atom stereocenters. The van der Waals surface area contributed by atoms with E-state index in [1.54, 1.807) is 0 Å². The van der Waals surface area contributed by atoms with Gasteiger partial charge < -0.3 is 5.73 Å². The van der Waals surface area contributed by atoms with Crippen molar-refractivity contribution in [2.75, 3.05) is 13.6 Å². The van der Waals surface area contributed by atoms with Crippen LogP contribution in [0.4, 0.5) is 0 Å². The molecule has 0 fully saturated rings. The molecule has 18 heavy (non-hydrogen) atoms. The molecule has 1 aromatic carbocycles. The molecule has 0 bridgehead atoms. The lowest BCUT2D eigenvalue weighted by molar-refractivity contribution is 0.214. The summed E-state index contributed by atoms with van der Waals surface area (Å²) in [6, 6.07) is 9.05. The normalized spacial score (nSPS) is 14.8. The monoisotopic (exact) mass is 248 g/mol. The highest BCUT2D eigenvalue weighted by molar-refractivity contribution is 5.29. The maximum absolute atomic E-state index is 6.20. The molecule has 1 rings (SSSR count). The number of benzene rings is 1. The molecule has 0 aliphatic rings. The molecule has 0 spiro atoms. The van der Waals surface area contributed by atoms with Gasteiger partial charge in [0, 0.05) is 12.1 Å². The Kier molecular flexibility index (Phi) is 6.37. The van der Waals surface area contributed by atoms with Crippen LogP contribution in [0.15, 0.2) is 24.3 Å². The molecule has 2 atom stereocenters. The Morgan fingerprint density at radius 2 is 1.89 bits per heavy atom. The van der Waals surface area contributed by atoms with Gasteiger partial charge in [-0.3, -0.25) is 4.90 Å². The second kappa shape index (κ2) is 7.55. The van der Waals surface area contributed by atoms with Gasteiger partial charge in [-0.1, -0.05) is 44.0 Å². The van der Waals surface area contributed by atoms with Crippen LogP contribution in [0, 0.1) is 6.92 Å². The quantitative estimate of drug-likeness (QED) is 0.748. The first-order valence-corrected chi connectivity index (χ1v) is 7.09. The molecule has 2 heteroatoms.